The number of rotatable bonds is 5. The molecule has 0 N–H and O–H groups in total. The molecule has 0 heterocycles. The van der Waals surface area contributed by atoms with Gasteiger partial charge in [0.1, 0.15) is 12.6 Å². The SMILES string of the molecule is C/C(C=O)=C\CCCC=O. The third-order valence-corrected chi connectivity index (χ3v) is 1.18. The Kier molecular flexibility index (Phi) is 5.63. The molecule has 0 fully saturated rings. The lowest BCUT2D eigenvalue weighted by atomic mass is 10.2. The molecule has 0 aromatic heterocycles. The highest BCUT2D eigenvalue weighted by Crippen LogP contribution is 1.97. The molecular weight excluding hydrogens is 128 g/mol. The van der Waals surface area contributed by atoms with Crippen LogP contribution in [0.2, 0.25) is 0 Å². The molecule has 0 amide bonds. The molecule has 0 aromatic rings. The zero-order chi connectivity index (χ0) is 7.82. The van der Waals surface area contributed by atoms with Crippen molar-refractivity contribution in [3.63, 3.8) is 0 Å². The van der Waals surface area contributed by atoms with Crippen molar-refractivity contribution < 1.29 is 9.59 Å². The number of allylic oxidation sites excluding steroid dienone is 2. The summed E-state index contributed by atoms with van der Waals surface area (Å²) in [5.74, 6) is 0. The molecule has 0 atom stereocenters. The Bertz CT molecular complexity index is 136. The minimum Gasteiger partial charge on any atom is -0.303 e. The Hall–Kier alpha value is -0.920. The van der Waals surface area contributed by atoms with Crippen LogP contribution in [0.15, 0.2) is 11.6 Å². The highest BCUT2D eigenvalue weighted by Gasteiger charge is 1.84. The molecule has 0 aromatic carbocycles. The third-order valence-electron chi connectivity index (χ3n) is 1.18. The van der Waals surface area contributed by atoms with Crippen LogP contribution in [0, 0.1) is 0 Å². The molecule has 0 aliphatic heterocycles. The number of carbonyl (C=O) groups is 2. The van der Waals surface area contributed by atoms with Gasteiger partial charge in [0, 0.05) is 6.42 Å². The fraction of sp³-hybridized carbons (Fsp3) is 0.500. The van der Waals surface area contributed by atoms with E-state index in [1.165, 1.54) is 0 Å². The second-order valence-electron chi connectivity index (χ2n) is 2.16. The van der Waals surface area contributed by atoms with Crippen molar-refractivity contribution in [3.8, 4) is 0 Å². The minimum atomic E-state index is 0.586. The van der Waals surface area contributed by atoms with E-state index in [-0.39, 0.29) is 0 Å². The molecule has 56 valence electrons. The van der Waals surface area contributed by atoms with Crippen molar-refractivity contribution in [2.24, 2.45) is 0 Å². The van der Waals surface area contributed by atoms with Crippen LogP contribution in [0.25, 0.3) is 0 Å². The first-order chi connectivity index (χ1) is 4.81. The Morgan fingerprint density at radius 1 is 1.30 bits per heavy atom. The van der Waals surface area contributed by atoms with E-state index in [0.717, 1.165) is 31.0 Å². The average molecular weight is 140 g/mol. The number of hydrogen-bond acceptors (Lipinski definition) is 2. The largest absolute Gasteiger partial charge is 0.303 e. The van der Waals surface area contributed by atoms with Crippen LogP contribution in [0.3, 0.4) is 0 Å². The summed E-state index contributed by atoms with van der Waals surface area (Å²) in [5.41, 5.74) is 0.742. The first kappa shape index (κ1) is 9.08. The van der Waals surface area contributed by atoms with Crippen molar-refractivity contribution >= 4 is 12.6 Å². The van der Waals surface area contributed by atoms with E-state index in [1.807, 2.05) is 6.08 Å². The van der Waals surface area contributed by atoms with E-state index in [4.69, 9.17) is 0 Å². The summed E-state index contributed by atoms with van der Waals surface area (Å²) in [5, 5.41) is 0. The van der Waals surface area contributed by atoms with E-state index in [1.54, 1.807) is 6.92 Å². The molecule has 10 heavy (non-hydrogen) atoms. The fourth-order valence-electron chi connectivity index (χ4n) is 0.579. The smallest absolute Gasteiger partial charge is 0.145 e. The van der Waals surface area contributed by atoms with Gasteiger partial charge < -0.3 is 4.79 Å². The van der Waals surface area contributed by atoms with Crippen molar-refractivity contribution in [2.75, 3.05) is 0 Å². The number of unbranched alkanes of at least 4 members (excludes halogenated alkanes) is 2. The molecule has 2 nitrogen and oxygen atoms in total. The molecule has 0 saturated carbocycles. The average Bonchev–Trinajstić information content (AvgIpc) is 1.98. The van der Waals surface area contributed by atoms with Crippen LogP contribution in [0.5, 0.6) is 0 Å². The van der Waals surface area contributed by atoms with Gasteiger partial charge >= 0.3 is 0 Å². The van der Waals surface area contributed by atoms with Gasteiger partial charge in [-0.25, -0.2) is 0 Å². The normalized spacial score (nSPS) is 11.1. The number of hydrogen-bond donors (Lipinski definition) is 0. The lowest BCUT2D eigenvalue weighted by Gasteiger charge is -1.88. The minimum absolute atomic E-state index is 0.586. The van der Waals surface area contributed by atoms with Gasteiger partial charge in [0.05, 0.1) is 0 Å². The quantitative estimate of drug-likeness (QED) is 0.329. The first-order valence-electron chi connectivity index (χ1n) is 3.37. The second kappa shape index (κ2) is 6.20. The molecule has 0 unspecified atom stereocenters. The molecule has 0 aliphatic carbocycles. The van der Waals surface area contributed by atoms with Crippen LogP contribution < -0.4 is 0 Å². The molecule has 0 spiro atoms. The summed E-state index contributed by atoms with van der Waals surface area (Å²) in [7, 11) is 0. The van der Waals surface area contributed by atoms with Crippen molar-refractivity contribution in [1.82, 2.24) is 0 Å². The Morgan fingerprint density at radius 3 is 2.50 bits per heavy atom. The summed E-state index contributed by atoms with van der Waals surface area (Å²) in [6, 6.07) is 0. The summed E-state index contributed by atoms with van der Waals surface area (Å²) in [6.07, 6.45) is 5.81. The maximum absolute atomic E-state index is 10.0. The van der Waals surface area contributed by atoms with E-state index in [2.05, 4.69) is 0 Å². The van der Waals surface area contributed by atoms with Gasteiger partial charge in [-0.2, -0.15) is 0 Å². The number of aldehydes is 2. The predicted octanol–water partition coefficient (Wildman–Crippen LogP) is 1.50. The Labute approximate surface area is 60.9 Å². The van der Waals surface area contributed by atoms with E-state index in [0.29, 0.717) is 6.42 Å². The van der Waals surface area contributed by atoms with Crippen LogP contribution >= 0.6 is 0 Å². The Morgan fingerprint density at radius 2 is 2.00 bits per heavy atom. The van der Waals surface area contributed by atoms with E-state index >= 15 is 0 Å². The summed E-state index contributed by atoms with van der Waals surface area (Å²) in [4.78, 5) is 19.9. The van der Waals surface area contributed by atoms with Crippen LogP contribution in [0.4, 0.5) is 0 Å². The highest BCUT2D eigenvalue weighted by atomic mass is 16.1. The maximum Gasteiger partial charge on any atom is 0.145 e. The van der Waals surface area contributed by atoms with Crippen LogP contribution in [-0.4, -0.2) is 12.6 Å². The second-order valence-corrected chi connectivity index (χ2v) is 2.16. The fourth-order valence-corrected chi connectivity index (χ4v) is 0.579. The van der Waals surface area contributed by atoms with Crippen LogP contribution in [-0.2, 0) is 9.59 Å². The zero-order valence-corrected chi connectivity index (χ0v) is 6.17. The highest BCUT2D eigenvalue weighted by molar-refractivity contribution is 5.71. The van der Waals surface area contributed by atoms with Crippen molar-refractivity contribution in [1.29, 1.82) is 0 Å². The number of carbonyl (C=O) groups excluding carboxylic acids is 2. The third kappa shape index (κ3) is 5.22. The van der Waals surface area contributed by atoms with E-state index in [9.17, 15) is 9.59 Å². The van der Waals surface area contributed by atoms with Gasteiger partial charge in [-0.3, -0.25) is 4.79 Å². The van der Waals surface area contributed by atoms with Gasteiger partial charge in [0.2, 0.25) is 0 Å². The van der Waals surface area contributed by atoms with Crippen molar-refractivity contribution in [3.05, 3.63) is 11.6 Å². The summed E-state index contributed by atoms with van der Waals surface area (Å²) in [6.45, 7) is 1.76. The molecule has 0 saturated heterocycles. The lowest BCUT2D eigenvalue weighted by molar-refractivity contribution is -0.108. The zero-order valence-electron chi connectivity index (χ0n) is 6.17. The molecule has 0 aliphatic rings. The topological polar surface area (TPSA) is 34.1 Å². The standard InChI is InChI=1S/C8H12O2/c1-8(7-10)5-3-2-4-6-9/h5-7H,2-4H2,1H3/b8-5+. The van der Waals surface area contributed by atoms with Gasteiger partial charge in [0.15, 0.2) is 0 Å². The van der Waals surface area contributed by atoms with Crippen LogP contribution in [0.1, 0.15) is 26.2 Å². The van der Waals surface area contributed by atoms with Gasteiger partial charge in [-0.05, 0) is 25.3 Å². The van der Waals surface area contributed by atoms with Gasteiger partial charge in [-0.1, -0.05) is 6.08 Å². The molecule has 0 rings (SSSR count). The molecule has 0 radical (unpaired) electrons. The molecular formula is C8H12O2. The van der Waals surface area contributed by atoms with Gasteiger partial charge in [-0.15, -0.1) is 0 Å². The predicted molar refractivity (Wildman–Crippen MR) is 39.7 cm³/mol. The maximum atomic E-state index is 10.0. The van der Waals surface area contributed by atoms with Crippen molar-refractivity contribution in [2.45, 2.75) is 26.2 Å². The van der Waals surface area contributed by atoms with Gasteiger partial charge in [0.25, 0.3) is 0 Å². The first-order valence-corrected chi connectivity index (χ1v) is 3.37. The summed E-state index contributed by atoms with van der Waals surface area (Å²) >= 11 is 0. The molecule has 2 heteroatoms. The molecule has 0 bridgehead atoms. The van der Waals surface area contributed by atoms with E-state index < -0.39 is 0 Å². The monoisotopic (exact) mass is 140 g/mol. The Balaban J connectivity index is 3.33. The lowest BCUT2D eigenvalue weighted by Crippen LogP contribution is -1.78. The summed E-state index contributed by atoms with van der Waals surface area (Å²) < 4.78 is 0.